The molecule has 0 aliphatic carbocycles. The molecule has 2 rings (SSSR count). The molecule has 0 aliphatic heterocycles. The van der Waals surface area contributed by atoms with Crippen molar-refractivity contribution < 1.29 is 4.79 Å². The van der Waals surface area contributed by atoms with Crippen LogP contribution in [0, 0.1) is 0 Å². The zero-order valence-electron chi connectivity index (χ0n) is 13.6. The lowest BCUT2D eigenvalue weighted by Crippen LogP contribution is -2.32. The molecule has 0 fully saturated rings. The molecule has 0 unspecified atom stereocenters. The van der Waals surface area contributed by atoms with Crippen molar-refractivity contribution in [1.82, 2.24) is 20.4 Å². The number of carbonyl (C=O) groups is 1. The van der Waals surface area contributed by atoms with Crippen molar-refractivity contribution in [3.63, 3.8) is 0 Å². The van der Waals surface area contributed by atoms with Crippen LogP contribution in [0.15, 0.2) is 34.9 Å². The molecule has 2 aromatic rings. The molecule has 0 aliphatic rings. The highest BCUT2D eigenvalue weighted by atomic mass is 79.9. The van der Waals surface area contributed by atoms with E-state index in [4.69, 9.17) is 0 Å². The number of hydrogen-bond donors (Lipinski definition) is 2. The molecule has 1 heterocycles. The molecule has 0 spiro atoms. The zero-order valence-corrected chi connectivity index (χ0v) is 15.2. The maximum Gasteiger partial charge on any atom is 0.254 e. The summed E-state index contributed by atoms with van der Waals surface area (Å²) in [6.45, 7) is 6.52. The number of hydrogen-bond acceptors (Lipinski definition) is 3. The molecule has 0 saturated carbocycles. The Balaban J connectivity index is 2.08. The molecule has 1 aromatic heterocycles. The van der Waals surface area contributed by atoms with Crippen LogP contribution >= 0.6 is 15.9 Å². The average Bonchev–Trinajstić information content (AvgIpc) is 2.99. The van der Waals surface area contributed by atoms with Gasteiger partial charge >= 0.3 is 0 Å². The maximum absolute atomic E-state index is 12.4. The van der Waals surface area contributed by atoms with Crippen LogP contribution in [-0.4, -0.2) is 35.3 Å². The van der Waals surface area contributed by atoms with Crippen molar-refractivity contribution in [2.24, 2.45) is 0 Å². The maximum atomic E-state index is 12.4. The van der Waals surface area contributed by atoms with Gasteiger partial charge in [-0.25, -0.2) is 4.68 Å². The minimum Gasteiger partial charge on any atom is -0.351 e. The van der Waals surface area contributed by atoms with Gasteiger partial charge in [-0.15, -0.1) is 0 Å². The summed E-state index contributed by atoms with van der Waals surface area (Å²) in [7, 11) is 0. The van der Waals surface area contributed by atoms with E-state index in [1.165, 1.54) is 0 Å². The highest BCUT2D eigenvalue weighted by molar-refractivity contribution is 9.10. The number of halogens is 1. The van der Waals surface area contributed by atoms with E-state index in [0.29, 0.717) is 12.1 Å². The Kier molecular flexibility index (Phi) is 6.80. The molecular formula is C17H23BrN4O. The SMILES string of the molecule is CCCNCCNC(=O)c1cnn(-c2ccc(Br)cc2)c1CC. The first-order valence-electron chi connectivity index (χ1n) is 7.99. The standard InChI is InChI=1S/C17H23BrN4O/c1-3-9-19-10-11-20-17(23)15-12-21-22(16(15)4-2)14-7-5-13(18)6-8-14/h5-8,12,19H,3-4,9-11H2,1-2H3,(H,20,23). The van der Waals surface area contributed by atoms with E-state index in [9.17, 15) is 4.79 Å². The van der Waals surface area contributed by atoms with Gasteiger partial charge in [0.1, 0.15) is 0 Å². The van der Waals surface area contributed by atoms with E-state index >= 15 is 0 Å². The number of amides is 1. The van der Waals surface area contributed by atoms with E-state index in [1.807, 2.05) is 35.9 Å². The largest absolute Gasteiger partial charge is 0.351 e. The highest BCUT2D eigenvalue weighted by Gasteiger charge is 2.16. The molecule has 6 heteroatoms. The van der Waals surface area contributed by atoms with Crippen molar-refractivity contribution in [2.75, 3.05) is 19.6 Å². The van der Waals surface area contributed by atoms with E-state index in [1.54, 1.807) is 6.20 Å². The van der Waals surface area contributed by atoms with Gasteiger partial charge in [0, 0.05) is 17.6 Å². The smallest absolute Gasteiger partial charge is 0.254 e. The fourth-order valence-electron chi connectivity index (χ4n) is 2.37. The minimum atomic E-state index is -0.0662. The quantitative estimate of drug-likeness (QED) is 0.694. The fraction of sp³-hybridized carbons (Fsp3) is 0.412. The molecular weight excluding hydrogens is 356 g/mol. The van der Waals surface area contributed by atoms with Crippen LogP contribution in [0.5, 0.6) is 0 Å². The van der Waals surface area contributed by atoms with Gasteiger partial charge in [0.05, 0.1) is 23.1 Å². The van der Waals surface area contributed by atoms with Crippen LogP contribution in [0.1, 0.15) is 36.3 Å². The van der Waals surface area contributed by atoms with Gasteiger partial charge in [-0.2, -0.15) is 5.10 Å². The van der Waals surface area contributed by atoms with E-state index in [0.717, 1.165) is 41.8 Å². The molecule has 2 N–H and O–H groups in total. The average molecular weight is 379 g/mol. The lowest BCUT2D eigenvalue weighted by Gasteiger charge is -2.09. The van der Waals surface area contributed by atoms with Crippen molar-refractivity contribution in [1.29, 1.82) is 0 Å². The molecule has 1 amide bonds. The second-order valence-corrected chi connectivity index (χ2v) is 6.17. The van der Waals surface area contributed by atoms with Crippen LogP contribution in [0.3, 0.4) is 0 Å². The monoisotopic (exact) mass is 378 g/mol. The van der Waals surface area contributed by atoms with Crippen LogP contribution in [0.25, 0.3) is 5.69 Å². The summed E-state index contributed by atoms with van der Waals surface area (Å²) in [4.78, 5) is 12.4. The Labute approximate surface area is 145 Å². The van der Waals surface area contributed by atoms with Gasteiger partial charge < -0.3 is 10.6 Å². The second kappa shape index (κ2) is 8.84. The molecule has 1 aromatic carbocycles. The van der Waals surface area contributed by atoms with Gasteiger partial charge in [0.15, 0.2) is 0 Å². The number of aromatic nitrogens is 2. The predicted molar refractivity (Wildman–Crippen MR) is 96.1 cm³/mol. The van der Waals surface area contributed by atoms with E-state index in [-0.39, 0.29) is 5.91 Å². The number of benzene rings is 1. The lowest BCUT2D eigenvalue weighted by molar-refractivity contribution is 0.0953. The Morgan fingerprint density at radius 2 is 1.91 bits per heavy atom. The van der Waals surface area contributed by atoms with Crippen molar-refractivity contribution in [3.8, 4) is 5.69 Å². The summed E-state index contributed by atoms with van der Waals surface area (Å²) >= 11 is 3.43. The molecule has 0 radical (unpaired) electrons. The summed E-state index contributed by atoms with van der Waals surface area (Å²) in [6.07, 6.45) is 3.48. The number of rotatable bonds is 8. The Bertz CT molecular complexity index is 637. The minimum absolute atomic E-state index is 0.0662. The molecule has 0 saturated heterocycles. The first kappa shape index (κ1) is 17.7. The Hall–Kier alpha value is -1.66. The van der Waals surface area contributed by atoms with Crippen LogP contribution in [0.4, 0.5) is 0 Å². The van der Waals surface area contributed by atoms with Crippen molar-refractivity contribution >= 4 is 21.8 Å². The van der Waals surface area contributed by atoms with Crippen LogP contribution in [0.2, 0.25) is 0 Å². The summed E-state index contributed by atoms with van der Waals surface area (Å²) in [6, 6.07) is 7.89. The second-order valence-electron chi connectivity index (χ2n) is 5.25. The van der Waals surface area contributed by atoms with Gasteiger partial charge in [0.2, 0.25) is 0 Å². The molecule has 0 bridgehead atoms. The fourth-order valence-corrected chi connectivity index (χ4v) is 2.63. The topological polar surface area (TPSA) is 58.9 Å². The Morgan fingerprint density at radius 1 is 1.17 bits per heavy atom. The summed E-state index contributed by atoms with van der Waals surface area (Å²) in [5.41, 5.74) is 2.52. The first-order valence-corrected chi connectivity index (χ1v) is 8.78. The summed E-state index contributed by atoms with van der Waals surface area (Å²) in [5, 5.41) is 10.6. The third-order valence-electron chi connectivity index (χ3n) is 3.53. The zero-order chi connectivity index (χ0) is 16.7. The van der Waals surface area contributed by atoms with Gasteiger partial charge in [-0.05, 0) is 43.7 Å². The number of nitrogens with one attached hydrogen (secondary N) is 2. The van der Waals surface area contributed by atoms with Crippen molar-refractivity contribution in [2.45, 2.75) is 26.7 Å². The van der Waals surface area contributed by atoms with E-state index < -0.39 is 0 Å². The first-order chi connectivity index (χ1) is 11.2. The number of nitrogens with zero attached hydrogens (tertiary/aromatic N) is 2. The van der Waals surface area contributed by atoms with Crippen molar-refractivity contribution in [3.05, 3.63) is 46.2 Å². The third kappa shape index (κ3) is 4.65. The summed E-state index contributed by atoms with van der Waals surface area (Å²) < 4.78 is 2.85. The van der Waals surface area contributed by atoms with Gasteiger partial charge in [-0.1, -0.05) is 29.8 Å². The van der Waals surface area contributed by atoms with E-state index in [2.05, 4.69) is 38.6 Å². The Morgan fingerprint density at radius 3 is 2.57 bits per heavy atom. The van der Waals surface area contributed by atoms with Crippen LogP contribution in [-0.2, 0) is 6.42 Å². The highest BCUT2D eigenvalue weighted by Crippen LogP contribution is 2.18. The normalized spacial score (nSPS) is 10.7. The lowest BCUT2D eigenvalue weighted by atomic mass is 10.2. The molecule has 0 atom stereocenters. The van der Waals surface area contributed by atoms with Crippen LogP contribution < -0.4 is 10.6 Å². The molecule has 124 valence electrons. The molecule has 5 nitrogen and oxygen atoms in total. The van der Waals surface area contributed by atoms with Gasteiger partial charge in [0.25, 0.3) is 5.91 Å². The van der Waals surface area contributed by atoms with Gasteiger partial charge in [-0.3, -0.25) is 4.79 Å². The number of carbonyl (C=O) groups excluding carboxylic acids is 1. The summed E-state index contributed by atoms with van der Waals surface area (Å²) in [5.74, 6) is -0.0662. The third-order valence-corrected chi connectivity index (χ3v) is 4.06. The predicted octanol–water partition coefficient (Wildman–Crippen LogP) is 2.93. The molecule has 23 heavy (non-hydrogen) atoms.